The molecule has 3 aromatic rings. The number of ether oxygens (including phenoxy) is 1. The lowest BCUT2D eigenvalue weighted by Crippen LogP contribution is -1.99. The number of methoxy groups -OCH3 is 1. The van der Waals surface area contributed by atoms with Gasteiger partial charge in [0.15, 0.2) is 0 Å². The van der Waals surface area contributed by atoms with Crippen LogP contribution in [-0.2, 0) is 0 Å². The van der Waals surface area contributed by atoms with Crippen LogP contribution in [0.3, 0.4) is 0 Å². The predicted octanol–water partition coefficient (Wildman–Crippen LogP) is 4.10. The van der Waals surface area contributed by atoms with Crippen LogP contribution in [0.1, 0.15) is 0 Å². The smallest absolute Gasteiger partial charge is 0.230 e. The Kier molecular flexibility index (Phi) is 3.23. The second kappa shape index (κ2) is 5.03. The quantitative estimate of drug-likeness (QED) is 0.738. The molecule has 0 unspecified atom stereocenters. The third kappa shape index (κ3) is 2.34. The Morgan fingerprint density at radius 1 is 1.21 bits per heavy atom. The number of anilines is 2. The monoisotopic (exact) mass is 291 g/mol. The van der Waals surface area contributed by atoms with Crippen molar-refractivity contribution in [3.8, 4) is 5.75 Å². The van der Waals surface area contributed by atoms with Crippen LogP contribution in [0.5, 0.6) is 5.75 Å². The second-order valence-corrected chi connectivity index (χ2v) is 5.06. The largest absolute Gasteiger partial charge is 0.495 e. The molecule has 3 rings (SSSR count). The summed E-state index contributed by atoms with van der Waals surface area (Å²) < 4.78 is 5.27. The number of fused-ring (bicyclic) bond motifs is 1. The van der Waals surface area contributed by atoms with E-state index in [2.05, 4.69) is 15.3 Å². The first-order valence-electron chi connectivity index (χ1n) is 5.58. The topological polar surface area (TPSA) is 47.0 Å². The summed E-state index contributed by atoms with van der Waals surface area (Å²) in [5, 5.41) is 6.38. The number of thiophene rings is 1. The Bertz CT molecular complexity index is 729. The normalized spacial score (nSPS) is 10.6. The standard InChI is InChI=1S/C13H10ClN3OS/c1-18-10-5-3-2-4-9(10)15-13-16-11(14)8-6-7-19-12(8)17-13/h2-7H,1H3,(H,15,16,17). The van der Waals surface area contributed by atoms with Gasteiger partial charge in [0.25, 0.3) is 0 Å². The highest BCUT2D eigenvalue weighted by atomic mass is 35.5. The fourth-order valence-corrected chi connectivity index (χ4v) is 2.80. The minimum absolute atomic E-state index is 0.448. The molecule has 0 spiro atoms. The lowest BCUT2D eigenvalue weighted by atomic mass is 10.3. The SMILES string of the molecule is COc1ccccc1Nc1nc(Cl)c2ccsc2n1. The maximum atomic E-state index is 6.13. The summed E-state index contributed by atoms with van der Waals surface area (Å²) in [6, 6.07) is 9.49. The van der Waals surface area contributed by atoms with Crippen molar-refractivity contribution in [2.24, 2.45) is 0 Å². The number of nitrogens with zero attached hydrogens (tertiary/aromatic N) is 2. The summed E-state index contributed by atoms with van der Waals surface area (Å²) in [5.74, 6) is 1.19. The van der Waals surface area contributed by atoms with Gasteiger partial charge in [-0.2, -0.15) is 0 Å². The molecule has 1 aromatic carbocycles. The number of nitrogens with one attached hydrogen (secondary N) is 1. The van der Waals surface area contributed by atoms with Crippen LogP contribution in [0.25, 0.3) is 10.2 Å². The number of aromatic nitrogens is 2. The molecular weight excluding hydrogens is 282 g/mol. The zero-order valence-electron chi connectivity index (χ0n) is 10.1. The number of halogens is 1. The molecule has 19 heavy (non-hydrogen) atoms. The van der Waals surface area contributed by atoms with Crippen molar-refractivity contribution >= 4 is 44.8 Å². The molecule has 0 radical (unpaired) electrons. The Balaban J connectivity index is 2.01. The summed E-state index contributed by atoms with van der Waals surface area (Å²) in [7, 11) is 1.62. The molecule has 2 aromatic heterocycles. The van der Waals surface area contributed by atoms with Crippen molar-refractivity contribution in [1.29, 1.82) is 0 Å². The molecule has 4 nitrogen and oxygen atoms in total. The summed E-state index contributed by atoms with van der Waals surface area (Å²) >= 11 is 7.66. The Labute approximate surface area is 119 Å². The van der Waals surface area contributed by atoms with Crippen molar-refractivity contribution in [3.05, 3.63) is 40.9 Å². The molecule has 0 fully saturated rings. The van der Waals surface area contributed by atoms with Gasteiger partial charge < -0.3 is 10.1 Å². The molecule has 0 saturated carbocycles. The van der Waals surface area contributed by atoms with Crippen molar-refractivity contribution in [2.45, 2.75) is 0 Å². The van der Waals surface area contributed by atoms with Gasteiger partial charge in [-0.1, -0.05) is 23.7 Å². The predicted molar refractivity (Wildman–Crippen MR) is 78.7 cm³/mol. The average Bonchev–Trinajstić information content (AvgIpc) is 2.88. The number of benzene rings is 1. The van der Waals surface area contributed by atoms with Gasteiger partial charge in [-0.25, -0.2) is 9.97 Å². The molecule has 0 aliphatic carbocycles. The fraction of sp³-hybridized carbons (Fsp3) is 0.0769. The van der Waals surface area contributed by atoms with Crippen molar-refractivity contribution in [3.63, 3.8) is 0 Å². The van der Waals surface area contributed by atoms with Gasteiger partial charge >= 0.3 is 0 Å². The van der Waals surface area contributed by atoms with Crippen molar-refractivity contribution < 1.29 is 4.74 Å². The molecule has 0 saturated heterocycles. The first kappa shape index (κ1) is 12.2. The second-order valence-electron chi connectivity index (χ2n) is 3.80. The third-order valence-corrected chi connectivity index (χ3v) is 3.73. The van der Waals surface area contributed by atoms with Gasteiger partial charge in [0.2, 0.25) is 5.95 Å². The van der Waals surface area contributed by atoms with E-state index in [1.54, 1.807) is 7.11 Å². The number of hydrogen-bond donors (Lipinski definition) is 1. The third-order valence-electron chi connectivity index (χ3n) is 2.63. The zero-order chi connectivity index (χ0) is 13.2. The summed E-state index contributed by atoms with van der Waals surface area (Å²) in [5.41, 5.74) is 0.803. The van der Waals surface area contributed by atoms with Gasteiger partial charge in [0, 0.05) is 5.39 Å². The van der Waals surface area contributed by atoms with Gasteiger partial charge in [0.05, 0.1) is 12.8 Å². The van der Waals surface area contributed by atoms with E-state index in [0.29, 0.717) is 11.1 Å². The summed E-state index contributed by atoms with van der Waals surface area (Å²) in [4.78, 5) is 9.52. The molecule has 0 aliphatic heterocycles. The van der Waals surface area contributed by atoms with Crippen molar-refractivity contribution in [1.82, 2.24) is 9.97 Å². The first-order chi connectivity index (χ1) is 9.28. The molecule has 0 amide bonds. The molecule has 0 aliphatic rings. The van der Waals surface area contributed by atoms with Crippen LogP contribution in [-0.4, -0.2) is 17.1 Å². The first-order valence-corrected chi connectivity index (χ1v) is 6.84. The van der Waals surface area contributed by atoms with E-state index in [4.69, 9.17) is 16.3 Å². The molecule has 96 valence electrons. The lowest BCUT2D eigenvalue weighted by molar-refractivity contribution is 0.417. The highest BCUT2D eigenvalue weighted by Crippen LogP contribution is 2.29. The minimum Gasteiger partial charge on any atom is -0.495 e. The van der Waals surface area contributed by atoms with Crippen LogP contribution in [0.4, 0.5) is 11.6 Å². The molecule has 1 N–H and O–H groups in total. The van der Waals surface area contributed by atoms with Crippen LogP contribution in [0.2, 0.25) is 5.15 Å². The summed E-state index contributed by atoms with van der Waals surface area (Å²) in [6.07, 6.45) is 0. The highest BCUT2D eigenvalue weighted by Gasteiger charge is 2.09. The van der Waals surface area contributed by atoms with Gasteiger partial charge in [-0.05, 0) is 23.6 Å². The van der Waals surface area contributed by atoms with E-state index >= 15 is 0 Å². The number of rotatable bonds is 3. The average molecular weight is 292 g/mol. The van der Waals surface area contributed by atoms with E-state index in [0.717, 1.165) is 21.7 Å². The Morgan fingerprint density at radius 3 is 2.89 bits per heavy atom. The van der Waals surface area contributed by atoms with Gasteiger partial charge in [-0.3, -0.25) is 0 Å². The number of hydrogen-bond acceptors (Lipinski definition) is 5. The summed E-state index contributed by atoms with van der Waals surface area (Å²) in [6.45, 7) is 0. The Hall–Kier alpha value is -1.85. The van der Waals surface area contributed by atoms with Crippen LogP contribution in [0, 0.1) is 0 Å². The molecule has 6 heteroatoms. The molecular formula is C13H10ClN3OS. The van der Waals surface area contributed by atoms with E-state index in [1.807, 2.05) is 35.7 Å². The van der Waals surface area contributed by atoms with Gasteiger partial charge in [0.1, 0.15) is 15.7 Å². The zero-order valence-corrected chi connectivity index (χ0v) is 11.6. The van der Waals surface area contributed by atoms with E-state index < -0.39 is 0 Å². The van der Waals surface area contributed by atoms with E-state index in [1.165, 1.54) is 11.3 Å². The van der Waals surface area contributed by atoms with Crippen molar-refractivity contribution in [2.75, 3.05) is 12.4 Å². The molecule has 0 bridgehead atoms. The molecule has 2 heterocycles. The minimum atomic E-state index is 0.448. The lowest BCUT2D eigenvalue weighted by Gasteiger charge is -2.09. The van der Waals surface area contributed by atoms with Crippen LogP contribution < -0.4 is 10.1 Å². The maximum Gasteiger partial charge on any atom is 0.230 e. The maximum absolute atomic E-state index is 6.13. The fourth-order valence-electron chi connectivity index (χ4n) is 1.74. The van der Waals surface area contributed by atoms with Crippen LogP contribution >= 0.6 is 22.9 Å². The van der Waals surface area contributed by atoms with E-state index in [-0.39, 0.29) is 0 Å². The Morgan fingerprint density at radius 2 is 2.05 bits per heavy atom. The van der Waals surface area contributed by atoms with E-state index in [9.17, 15) is 0 Å². The number of para-hydroxylation sites is 2. The highest BCUT2D eigenvalue weighted by molar-refractivity contribution is 7.16. The van der Waals surface area contributed by atoms with Gasteiger partial charge in [-0.15, -0.1) is 11.3 Å². The molecule has 0 atom stereocenters. The van der Waals surface area contributed by atoms with Crippen LogP contribution in [0.15, 0.2) is 35.7 Å².